The number of benzene rings is 1. The Morgan fingerprint density at radius 3 is 2.68 bits per heavy atom. The first kappa shape index (κ1) is 16.4. The number of nitrogens with one attached hydrogen (secondary N) is 1. The number of amides is 1. The SMILES string of the molecule is CCCN(C(=O)Cc1ccccc1[N+](=O)[O-])C1CCNCC1. The van der Waals surface area contributed by atoms with Crippen LogP contribution in [-0.4, -0.2) is 41.4 Å². The maximum Gasteiger partial charge on any atom is 0.273 e. The molecule has 1 aliphatic rings. The summed E-state index contributed by atoms with van der Waals surface area (Å²) < 4.78 is 0. The van der Waals surface area contributed by atoms with Crippen LogP contribution in [0.5, 0.6) is 0 Å². The molecule has 1 aromatic carbocycles. The average Bonchev–Trinajstić information content (AvgIpc) is 2.53. The van der Waals surface area contributed by atoms with Gasteiger partial charge in [-0.2, -0.15) is 0 Å². The Labute approximate surface area is 130 Å². The number of nitrogens with zero attached hydrogens (tertiary/aromatic N) is 2. The smallest absolute Gasteiger partial charge is 0.273 e. The van der Waals surface area contributed by atoms with Crippen LogP contribution in [-0.2, 0) is 11.2 Å². The van der Waals surface area contributed by atoms with E-state index in [2.05, 4.69) is 5.32 Å². The van der Waals surface area contributed by atoms with Crippen LogP contribution in [0.1, 0.15) is 31.7 Å². The molecule has 0 radical (unpaired) electrons. The maximum atomic E-state index is 12.7. The molecule has 6 nitrogen and oxygen atoms in total. The van der Waals surface area contributed by atoms with E-state index in [0.29, 0.717) is 12.1 Å². The highest BCUT2D eigenvalue weighted by atomic mass is 16.6. The Morgan fingerprint density at radius 1 is 1.36 bits per heavy atom. The lowest BCUT2D eigenvalue weighted by molar-refractivity contribution is -0.385. The van der Waals surface area contributed by atoms with E-state index < -0.39 is 4.92 Å². The van der Waals surface area contributed by atoms with Crippen LogP contribution >= 0.6 is 0 Å². The van der Waals surface area contributed by atoms with Crippen molar-refractivity contribution in [1.29, 1.82) is 0 Å². The topological polar surface area (TPSA) is 75.5 Å². The predicted molar refractivity (Wildman–Crippen MR) is 84.7 cm³/mol. The number of piperidine rings is 1. The lowest BCUT2D eigenvalue weighted by Gasteiger charge is -2.34. The summed E-state index contributed by atoms with van der Waals surface area (Å²) >= 11 is 0. The molecule has 6 heteroatoms. The van der Waals surface area contributed by atoms with E-state index in [4.69, 9.17) is 0 Å². The molecular formula is C16H23N3O3. The molecule has 1 heterocycles. The highest BCUT2D eigenvalue weighted by molar-refractivity contribution is 5.80. The molecule has 0 saturated carbocycles. The summed E-state index contributed by atoms with van der Waals surface area (Å²) in [6.45, 7) is 4.60. The van der Waals surface area contributed by atoms with Crippen LogP contribution in [0.15, 0.2) is 24.3 Å². The van der Waals surface area contributed by atoms with Gasteiger partial charge >= 0.3 is 0 Å². The third-order valence-corrected chi connectivity index (χ3v) is 4.06. The zero-order chi connectivity index (χ0) is 15.9. The van der Waals surface area contributed by atoms with E-state index in [-0.39, 0.29) is 24.1 Å². The van der Waals surface area contributed by atoms with Gasteiger partial charge in [0, 0.05) is 24.2 Å². The number of nitro benzene ring substituents is 1. The molecule has 1 fully saturated rings. The van der Waals surface area contributed by atoms with Gasteiger partial charge in [0.25, 0.3) is 5.69 Å². The molecule has 0 spiro atoms. The quantitative estimate of drug-likeness (QED) is 0.645. The number of hydrogen-bond acceptors (Lipinski definition) is 4. The molecule has 0 aliphatic carbocycles. The molecule has 0 aromatic heterocycles. The molecule has 0 atom stereocenters. The first-order valence-corrected chi connectivity index (χ1v) is 7.86. The molecule has 0 unspecified atom stereocenters. The van der Waals surface area contributed by atoms with Crippen LogP contribution in [0.2, 0.25) is 0 Å². The van der Waals surface area contributed by atoms with Crippen LogP contribution in [0.25, 0.3) is 0 Å². The molecule has 0 bridgehead atoms. The number of para-hydroxylation sites is 1. The number of hydrogen-bond donors (Lipinski definition) is 1. The second-order valence-electron chi connectivity index (χ2n) is 5.63. The number of nitro groups is 1. The second-order valence-corrected chi connectivity index (χ2v) is 5.63. The van der Waals surface area contributed by atoms with E-state index in [9.17, 15) is 14.9 Å². The monoisotopic (exact) mass is 305 g/mol. The summed E-state index contributed by atoms with van der Waals surface area (Å²) in [7, 11) is 0. The van der Waals surface area contributed by atoms with E-state index in [1.807, 2.05) is 11.8 Å². The van der Waals surface area contributed by atoms with Crippen molar-refractivity contribution in [2.24, 2.45) is 0 Å². The van der Waals surface area contributed by atoms with E-state index in [0.717, 1.165) is 32.4 Å². The standard InChI is InChI=1S/C16H23N3O3/c1-2-11-18(14-7-9-17-10-8-14)16(20)12-13-5-3-4-6-15(13)19(21)22/h3-6,14,17H,2,7-12H2,1H3. The molecule has 1 aromatic rings. The van der Waals surface area contributed by atoms with Crippen molar-refractivity contribution >= 4 is 11.6 Å². The first-order chi connectivity index (χ1) is 10.6. The molecule has 1 amide bonds. The van der Waals surface area contributed by atoms with Gasteiger partial charge in [-0.3, -0.25) is 14.9 Å². The second kappa shape index (κ2) is 7.89. The number of carbonyl (C=O) groups is 1. The lowest BCUT2D eigenvalue weighted by atomic mass is 10.0. The van der Waals surface area contributed by atoms with Crippen molar-refractivity contribution in [3.63, 3.8) is 0 Å². The van der Waals surface area contributed by atoms with Gasteiger partial charge in [-0.1, -0.05) is 25.1 Å². The van der Waals surface area contributed by atoms with Crippen molar-refractivity contribution in [2.75, 3.05) is 19.6 Å². The summed E-state index contributed by atoms with van der Waals surface area (Å²) in [6.07, 6.45) is 2.89. The number of rotatable bonds is 6. The fraction of sp³-hybridized carbons (Fsp3) is 0.562. The lowest BCUT2D eigenvalue weighted by Crippen LogP contribution is -2.47. The molecule has 2 rings (SSSR count). The fourth-order valence-corrected chi connectivity index (χ4v) is 2.97. The predicted octanol–water partition coefficient (Wildman–Crippen LogP) is 2.13. The Balaban J connectivity index is 2.12. The normalized spacial score (nSPS) is 15.5. The minimum absolute atomic E-state index is 0.0111. The Bertz CT molecular complexity index is 527. The van der Waals surface area contributed by atoms with E-state index in [1.54, 1.807) is 18.2 Å². The summed E-state index contributed by atoms with van der Waals surface area (Å²) in [6, 6.07) is 6.74. The molecule has 1 aliphatic heterocycles. The molecule has 1 saturated heterocycles. The minimum atomic E-state index is -0.419. The van der Waals surface area contributed by atoms with Crippen molar-refractivity contribution in [2.45, 2.75) is 38.6 Å². The highest BCUT2D eigenvalue weighted by Gasteiger charge is 2.26. The van der Waals surface area contributed by atoms with Gasteiger partial charge in [0.05, 0.1) is 11.3 Å². The van der Waals surface area contributed by atoms with Gasteiger partial charge in [-0.15, -0.1) is 0 Å². The van der Waals surface area contributed by atoms with Gasteiger partial charge in [0.2, 0.25) is 5.91 Å². The van der Waals surface area contributed by atoms with Gasteiger partial charge in [-0.05, 0) is 32.4 Å². The Kier molecular flexibility index (Phi) is 5.89. The third-order valence-electron chi connectivity index (χ3n) is 4.06. The highest BCUT2D eigenvalue weighted by Crippen LogP contribution is 2.20. The van der Waals surface area contributed by atoms with Gasteiger partial charge in [0.15, 0.2) is 0 Å². The van der Waals surface area contributed by atoms with E-state index >= 15 is 0 Å². The first-order valence-electron chi connectivity index (χ1n) is 7.86. The van der Waals surface area contributed by atoms with Gasteiger partial charge < -0.3 is 10.2 Å². The summed E-state index contributed by atoms with van der Waals surface area (Å²) in [5.74, 6) is -0.0111. The minimum Gasteiger partial charge on any atom is -0.339 e. The van der Waals surface area contributed by atoms with E-state index in [1.165, 1.54) is 6.07 Å². The van der Waals surface area contributed by atoms with Gasteiger partial charge in [-0.25, -0.2) is 0 Å². The summed E-state index contributed by atoms with van der Waals surface area (Å²) in [5.41, 5.74) is 0.519. The van der Waals surface area contributed by atoms with Crippen molar-refractivity contribution in [1.82, 2.24) is 10.2 Å². The Morgan fingerprint density at radius 2 is 2.05 bits per heavy atom. The van der Waals surface area contributed by atoms with Crippen molar-refractivity contribution in [3.8, 4) is 0 Å². The van der Waals surface area contributed by atoms with Crippen LogP contribution in [0.3, 0.4) is 0 Å². The molecule has 1 N–H and O–H groups in total. The molecule has 120 valence electrons. The molecule has 22 heavy (non-hydrogen) atoms. The zero-order valence-electron chi connectivity index (χ0n) is 13.0. The number of carbonyl (C=O) groups excluding carboxylic acids is 1. The fourth-order valence-electron chi connectivity index (χ4n) is 2.97. The third kappa shape index (κ3) is 4.04. The summed E-state index contributed by atoms with van der Waals surface area (Å²) in [5, 5.41) is 14.4. The zero-order valence-corrected chi connectivity index (χ0v) is 13.0. The maximum absolute atomic E-state index is 12.7. The van der Waals surface area contributed by atoms with Crippen molar-refractivity contribution in [3.05, 3.63) is 39.9 Å². The van der Waals surface area contributed by atoms with Crippen molar-refractivity contribution < 1.29 is 9.72 Å². The molecular weight excluding hydrogens is 282 g/mol. The summed E-state index contributed by atoms with van der Waals surface area (Å²) in [4.78, 5) is 25.2. The van der Waals surface area contributed by atoms with Gasteiger partial charge in [0.1, 0.15) is 0 Å². The average molecular weight is 305 g/mol. The Hall–Kier alpha value is -1.95. The van der Waals surface area contributed by atoms with Crippen LogP contribution < -0.4 is 5.32 Å². The largest absolute Gasteiger partial charge is 0.339 e. The van der Waals surface area contributed by atoms with Crippen LogP contribution in [0.4, 0.5) is 5.69 Å². The van der Waals surface area contributed by atoms with Crippen LogP contribution in [0, 0.1) is 10.1 Å².